The second kappa shape index (κ2) is 8.71. The lowest BCUT2D eigenvalue weighted by Gasteiger charge is -2.17. The fraction of sp³-hybridized carbons (Fsp3) is 0.364. The van der Waals surface area contributed by atoms with E-state index in [9.17, 15) is 9.59 Å². The summed E-state index contributed by atoms with van der Waals surface area (Å²) in [5, 5.41) is 2.86. The minimum absolute atomic E-state index is 0.0557. The molecule has 0 radical (unpaired) electrons. The monoisotopic (exact) mass is 369 g/mol. The second-order valence-electron chi connectivity index (χ2n) is 7.00. The van der Waals surface area contributed by atoms with Crippen LogP contribution >= 0.6 is 0 Å². The molecule has 2 aromatic rings. The van der Waals surface area contributed by atoms with Crippen molar-refractivity contribution in [2.45, 2.75) is 53.8 Å². The van der Waals surface area contributed by atoms with Crippen molar-refractivity contribution in [2.75, 3.05) is 5.32 Å². The van der Waals surface area contributed by atoms with E-state index in [4.69, 9.17) is 9.47 Å². The Morgan fingerprint density at radius 3 is 2.00 bits per heavy atom. The van der Waals surface area contributed by atoms with Gasteiger partial charge in [0.15, 0.2) is 6.10 Å². The molecule has 0 spiro atoms. The molecule has 0 bridgehead atoms. The number of benzene rings is 2. The average Bonchev–Trinajstić information content (AvgIpc) is 2.57. The lowest BCUT2D eigenvalue weighted by molar-refractivity contribution is -0.123. The Hall–Kier alpha value is -2.82. The number of ether oxygens (including phenoxy) is 2. The highest BCUT2D eigenvalue weighted by molar-refractivity contribution is 5.98. The van der Waals surface area contributed by atoms with Crippen LogP contribution in [0.25, 0.3) is 0 Å². The minimum atomic E-state index is -0.913. The van der Waals surface area contributed by atoms with Gasteiger partial charge in [0, 0.05) is 5.69 Å². The summed E-state index contributed by atoms with van der Waals surface area (Å²) in [5.41, 5.74) is 4.20. The van der Waals surface area contributed by atoms with Gasteiger partial charge in [-0.05, 0) is 76.9 Å². The Balaban J connectivity index is 2.00. The molecule has 144 valence electrons. The number of rotatable bonds is 6. The van der Waals surface area contributed by atoms with Crippen molar-refractivity contribution in [3.05, 3.63) is 58.7 Å². The molecule has 0 heterocycles. The maximum absolute atomic E-state index is 12.4. The van der Waals surface area contributed by atoms with Crippen LogP contribution in [-0.2, 0) is 9.53 Å². The quantitative estimate of drug-likeness (QED) is 0.757. The van der Waals surface area contributed by atoms with Crippen LogP contribution < -0.4 is 10.1 Å². The largest absolute Gasteiger partial charge is 0.491 e. The van der Waals surface area contributed by atoms with E-state index in [-0.39, 0.29) is 12.0 Å². The molecular formula is C22H27NO4. The first-order chi connectivity index (χ1) is 12.7. The SMILES string of the molecule is Cc1cc(C)c(NC(=O)[C@H](C)OC(=O)c2ccc(OC(C)C)cc2)c(C)c1. The van der Waals surface area contributed by atoms with Gasteiger partial charge in [0.25, 0.3) is 5.91 Å². The van der Waals surface area contributed by atoms with Crippen LogP contribution in [0.15, 0.2) is 36.4 Å². The number of nitrogens with one attached hydrogen (secondary N) is 1. The molecule has 1 N–H and O–H groups in total. The van der Waals surface area contributed by atoms with Gasteiger partial charge in [-0.15, -0.1) is 0 Å². The van der Waals surface area contributed by atoms with E-state index in [1.54, 1.807) is 31.2 Å². The van der Waals surface area contributed by atoms with E-state index >= 15 is 0 Å². The first-order valence-corrected chi connectivity index (χ1v) is 9.03. The summed E-state index contributed by atoms with van der Waals surface area (Å²) in [4.78, 5) is 24.7. The lowest BCUT2D eigenvalue weighted by atomic mass is 10.0. The Morgan fingerprint density at radius 1 is 0.926 bits per heavy atom. The molecule has 0 unspecified atom stereocenters. The summed E-state index contributed by atoms with van der Waals surface area (Å²) in [5.74, 6) is -0.234. The second-order valence-corrected chi connectivity index (χ2v) is 7.00. The molecule has 27 heavy (non-hydrogen) atoms. The van der Waals surface area contributed by atoms with Crippen molar-refractivity contribution < 1.29 is 19.1 Å². The predicted octanol–water partition coefficient (Wildman–Crippen LogP) is 4.58. The Morgan fingerprint density at radius 2 is 1.48 bits per heavy atom. The number of esters is 1. The lowest BCUT2D eigenvalue weighted by Crippen LogP contribution is -2.30. The number of hydrogen-bond acceptors (Lipinski definition) is 4. The fourth-order valence-electron chi connectivity index (χ4n) is 2.83. The van der Waals surface area contributed by atoms with Crippen molar-refractivity contribution in [2.24, 2.45) is 0 Å². The van der Waals surface area contributed by atoms with E-state index in [0.717, 1.165) is 22.4 Å². The molecule has 0 aliphatic rings. The molecule has 2 rings (SSSR count). The van der Waals surface area contributed by atoms with Gasteiger partial charge >= 0.3 is 5.97 Å². The standard InChI is InChI=1S/C22H27NO4/c1-13(2)26-19-9-7-18(8-10-19)22(25)27-17(6)21(24)23-20-15(4)11-14(3)12-16(20)5/h7-13,17H,1-6H3,(H,23,24)/t17-/m0/s1. The molecule has 0 fully saturated rings. The van der Waals surface area contributed by atoms with Gasteiger partial charge in [-0.3, -0.25) is 4.79 Å². The van der Waals surface area contributed by atoms with Gasteiger partial charge in [0.1, 0.15) is 5.75 Å². The smallest absolute Gasteiger partial charge is 0.338 e. The van der Waals surface area contributed by atoms with Crippen molar-refractivity contribution in [3.8, 4) is 5.75 Å². The number of anilines is 1. The van der Waals surface area contributed by atoms with Gasteiger partial charge in [-0.2, -0.15) is 0 Å². The van der Waals surface area contributed by atoms with Gasteiger partial charge in [0.2, 0.25) is 0 Å². The van der Waals surface area contributed by atoms with E-state index in [1.807, 2.05) is 46.8 Å². The highest BCUT2D eigenvalue weighted by atomic mass is 16.5. The minimum Gasteiger partial charge on any atom is -0.491 e. The molecule has 0 aliphatic carbocycles. The van der Waals surface area contributed by atoms with E-state index in [2.05, 4.69) is 5.32 Å². The molecule has 0 aliphatic heterocycles. The fourth-order valence-corrected chi connectivity index (χ4v) is 2.83. The van der Waals surface area contributed by atoms with Crippen LogP contribution in [-0.4, -0.2) is 24.1 Å². The van der Waals surface area contributed by atoms with Crippen LogP contribution in [0.5, 0.6) is 5.75 Å². The Labute approximate surface area is 160 Å². The Kier molecular flexibility index (Phi) is 6.61. The summed E-state index contributed by atoms with van der Waals surface area (Å²) in [6.45, 7) is 11.3. The summed E-state index contributed by atoms with van der Waals surface area (Å²) < 4.78 is 10.9. The average molecular weight is 369 g/mol. The first-order valence-electron chi connectivity index (χ1n) is 9.03. The first kappa shape index (κ1) is 20.5. The molecule has 5 nitrogen and oxygen atoms in total. The van der Waals surface area contributed by atoms with Gasteiger partial charge in [0.05, 0.1) is 11.7 Å². The predicted molar refractivity (Wildman–Crippen MR) is 106 cm³/mol. The van der Waals surface area contributed by atoms with Gasteiger partial charge in [-0.25, -0.2) is 4.79 Å². The van der Waals surface area contributed by atoms with Crippen LogP contribution in [0.2, 0.25) is 0 Å². The highest BCUT2D eigenvalue weighted by Crippen LogP contribution is 2.22. The number of aryl methyl sites for hydroxylation is 3. The molecule has 5 heteroatoms. The third-order valence-electron chi connectivity index (χ3n) is 4.04. The number of carbonyl (C=O) groups is 2. The summed E-state index contributed by atoms with van der Waals surface area (Å²) in [6, 6.07) is 10.7. The molecular weight excluding hydrogens is 342 g/mol. The maximum Gasteiger partial charge on any atom is 0.338 e. The van der Waals surface area contributed by atoms with Gasteiger partial charge < -0.3 is 14.8 Å². The van der Waals surface area contributed by atoms with Crippen LogP contribution in [0.1, 0.15) is 47.8 Å². The number of amides is 1. The Bertz CT molecular complexity index is 802. The van der Waals surface area contributed by atoms with Crippen LogP contribution in [0.4, 0.5) is 5.69 Å². The highest BCUT2D eigenvalue weighted by Gasteiger charge is 2.20. The third-order valence-corrected chi connectivity index (χ3v) is 4.04. The third kappa shape index (κ3) is 5.58. The zero-order valence-corrected chi connectivity index (χ0v) is 16.8. The van der Waals surface area contributed by atoms with Crippen LogP contribution in [0.3, 0.4) is 0 Å². The summed E-state index contributed by atoms with van der Waals surface area (Å²) in [6.07, 6.45) is -0.857. The van der Waals surface area contributed by atoms with Crippen LogP contribution in [0, 0.1) is 20.8 Å². The molecule has 1 amide bonds. The molecule has 0 saturated carbocycles. The zero-order valence-electron chi connectivity index (χ0n) is 16.8. The molecule has 0 saturated heterocycles. The normalized spacial score (nSPS) is 11.8. The van der Waals surface area contributed by atoms with Crippen molar-refractivity contribution in [1.29, 1.82) is 0 Å². The topological polar surface area (TPSA) is 64.6 Å². The summed E-state index contributed by atoms with van der Waals surface area (Å²) in [7, 11) is 0. The van der Waals surface area contributed by atoms with Crippen molar-refractivity contribution in [3.63, 3.8) is 0 Å². The van der Waals surface area contributed by atoms with E-state index < -0.39 is 12.1 Å². The maximum atomic E-state index is 12.4. The molecule has 0 aromatic heterocycles. The zero-order chi connectivity index (χ0) is 20.1. The van der Waals surface area contributed by atoms with Gasteiger partial charge in [-0.1, -0.05) is 17.7 Å². The number of carbonyl (C=O) groups excluding carboxylic acids is 2. The van der Waals surface area contributed by atoms with Crippen molar-refractivity contribution in [1.82, 2.24) is 0 Å². The van der Waals surface area contributed by atoms with Crippen molar-refractivity contribution >= 4 is 17.6 Å². The van der Waals surface area contributed by atoms with E-state index in [1.165, 1.54) is 0 Å². The summed E-state index contributed by atoms with van der Waals surface area (Å²) >= 11 is 0. The molecule has 1 atom stereocenters. The molecule has 2 aromatic carbocycles. The number of hydrogen-bond donors (Lipinski definition) is 1. The van der Waals surface area contributed by atoms with E-state index in [0.29, 0.717) is 11.3 Å².